The number of aromatic nitrogens is 2. The second kappa shape index (κ2) is 7.89. The number of nitrogens with zero attached hydrogens (tertiary/aromatic N) is 3. The van der Waals surface area contributed by atoms with Crippen molar-refractivity contribution >= 4 is 5.97 Å². The first-order valence-electron chi connectivity index (χ1n) is 9.56. The van der Waals surface area contributed by atoms with E-state index in [2.05, 4.69) is 15.0 Å². The van der Waals surface area contributed by atoms with Crippen LogP contribution in [-0.4, -0.2) is 58.5 Å². The van der Waals surface area contributed by atoms with Crippen LogP contribution in [0.1, 0.15) is 34.9 Å². The smallest absolute Gasteiger partial charge is 0.337 e. The van der Waals surface area contributed by atoms with E-state index in [4.69, 9.17) is 14.0 Å². The largest absolute Gasteiger partial charge is 0.488 e. The fraction of sp³-hybridized carbons (Fsp3) is 0.550. The van der Waals surface area contributed by atoms with Crippen LogP contribution in [0.3, 0.4) is 0 Å². The summed E-state index contributed by atoms with van der Waals surface area (Å²) in [5.41, 5.74) is 0.474. The van der Waals surface area contributed by atoms with Crippen molar-refractivity contribution in [2.75, 3.05) is 20.2 Å². The molecule has 0 radical (unpaired) electrons. The van der Waals surface area contributed by atoms with Crippen molar-refractivity contribution in [3.05, 3.63) is 41.5 Å². The predicted molar refractivity (Wildman–Crippen MR) is 98.7 cm³/mol. The maximum Gasteiger partial charge on any atom is 0.337 e. The lowest BCUT2D eigenvalue weighted by molar-refractivity contribution is -0.0231. The zero-order valence-electron chi connectivity index (χ0n) is 16.1. The molecule has 1 aliphatic heterocycles. The standard InChI is InChI=1S/C20H25N3O5/c1-12-21-19(28-22-12)11-23-9-14-7-17(24)18(8-15(14)10-23)27-16-5-3-13(4-6-16)20(25)26-2/h3-6,14-15,17-18,24H,7-11H2,1-2H3/t14-,15+,17+,18+/m0/s1. The van der Waals surface area contributed by atoms with Crippen molar-refractivity contribution in [2.24, 2.45) is 11.8 Å². The minimum absolute atomic E-state index is 0.254. The molecule has 150 valence electrons. The van der Waals surface area contributed by atoms with E-state index < -0.39 is 6.10 Å². The molecule has 1 saturated heterocycles. The number of carbonyl (C=O) groups excluding carboxylic acids is 1. The van der Waals surface area contributed by atoms with Crippen LogP contribution in [0.5, 0.6) is 5.75 Å². The van der Waals surface area contributed by atoms with Gasteiger partial charge in [-0.1, -0.05) is 5.16 Å². The van der Waals surface area contributed by atoms with Gasteiger partial charge in [-0.25, -0.2) is 4.79 Å². The molecule has 8 heteroatoms. The summed E-state index contributed by atoms with van der Waals surface area (Å²) in [7, 11) is 1.35. The first kappa shape index (κ1) is 18.9. The Morgan fingerprint density at radius 3 is 2.61 bits per heavy atom. The number of carbonyl (C=O) groups is 1. The number of hydrogen-bond donors (Lipinski definition) is 1. The number of fused-ring (bicyclic) bond motifs is 1. The topological polar surface area (TPSA) is 97.9 Å². The average Bonchev–Trinajstić information content (AvgIpc) is 3.27. The highest BCUT2D eigenvalue weighted by molar-refractivity contribution is 5.89. The van der Waals surface area contributed by atoms with Gasteiger partial charge in [0.15, 0.2) is 5.82 Å². The third-order valence-corrected chi connectivity index (χ3v) is 5.65. The molecular formula is C20H25N3O5. The highest BCUT2D eigenvalue weighted by Crippen LogP contribution is 2.38. The predicted octanol–water partition coefficient (Wildman–Crippen LogP) is 1.81. The SMILES string of the molecule is COC(=O)c1ccc(O[C@@H]2C[C@@H]3CN(Cc4nc(C)no4)C[C@@H]3C[C@H]2O)cc1. The fourth-order valence-corrected chi connectivity index (χ4v) is 4.30. The van der Waals surface area contributed by atoms with E-state index in [0.29, 0.717) is 41.4 Å². The molecule has 2 heterocycles. The van der Waals surface area contributed by atoms with E-state index in [1.165, 1.54) is 7.11 Å². The van der Waals surface area contributed by atoms with Crippen LogP contribution in [0.15, 0.2) is 28.8 Å². The Kier molecular flexibility index (Phi) is 5.32. The van der Waals surface area contributed by atoms with Crippen LogP contribution < -0.4 is 4.74 Å². The van der Waals surface area contributed by atoms with Gasteiger partial charge in [0.2, 0.25) is 5.89 Å². The Hall–Kier alpha value is -2.45. The van der Waals surface area contributed by atoms with Crippen molar-refractivity contribution in [1.29, 1.82) is 0 Å². The molecule has 1 aromatic heterocycles. The van der Waals surface area contributed by atoms with Crippen LogP contribution in [0.4, 0.5) is 0 Å². The summed E-state index contributed by atoms with van der Waals surface area (Å²) in [5, 5.41) is 14.4. The quantitative estimate of drug-likeness (QED) is 0.776. The molecule has 0 bridgehead atoms. The Morgan fingerprint density at radius 1 is 1.25 bits per heavy atom. The molecule has 0 amide bonds. The molecule has 0 spiro atoms. The number of aryl methyl sites for hydroxylation is 1. The maximum absolute atomic E-state index is 11.5. The molecule has 4 atom stereocenters. The number of esters is 1. The van der Waals surface area contributed by atoms with E-state index in [1.807, 2.05) is 6.92 Å². The molecule has 2 aromatic rings. The second-order valence-electron chi connectivity index (χ2n) is 7.66. The van der Waals surface area contributed by atoms with Gasteiger partial charge in [-0.05, 0) is 55.9 Å². The van der Waals surface area contributed by atoms with Gasteiger partial charge in [-0.15, -0.1) is 0 Å². The Labute approximate surface area is 163 Å². The van der Waals surface area contributed by atoms with E-state index in [-0.39, 0.29) is 12.1 Å². The summed E-state index contributed by atoms with van der Waals surface area (Å²) >= 11 is 0. The summed E-state index contributed by atoms with van der Waals surface area (Å²) in [6.07, 6.45) is 0.752. The average molecular weight is 387 g/mol. The lowest BCUT2D eigenvalue weighted by Gasteiger charge is -2.35. The van der Waals surface area contributed by atoms with Gasteiger partial charge < -0.3 is 19.1 Å². The summed E-state index contributed by atoms with van der Waals surface area (Å²) in [5.74, 6) is 2.46. The third-order valence-electron chi connectivity index (χ3n) is 5.65. The number of hydrogen-bond acceptors (Lipinski definition) is 8. The first-order valence-corrected chi connectivity index (χ1v) is 9.56. The Bertz CT molecular complexity index is 822. The van der Waals surface area contributed by atoms with Gasteiger partial charge in [-0.2, -0.15) is 4.98 Å². The van der Waals surface area contributed by atoms with Crippen LogP contribution in [0, 0.1) is 18.8 Å². The summed E-state index contributed by atoms with van der Waals surface area (Å²) in [4.78, 5) is 18.1. The van der Waals surface area contributed by atoms with Crippen molar-refractivity contribution in [1.82, 2.24) is 15.0 Å². The molecule has 2 fully saturated rings. The monoisotopic (exact) mass is 387 g/mol. The molecule has 28 heavy (non-hydrogen) atoms. The maximum atomic E-state index is 11.5. The van der Waals surface area contributed by atoms with E-state index in [9.17, 15) is 9.90 Å². The Balaban J connectivity index is 1.35. The summed E-state index contributed by atoms with van der Waals surface area (Å²) in [6, 6.07) is 6.82. The van der Waals surface area contributed by atoms with Gasteiger partial charge in [0.1, 0.15) is 11.9 Å². The molecule has 4 rings (SSSR count). The van der Waals surface area contributed by atoms with Crippen LogP contribution >= 0.6 is 0 Å². The molecule has 1 saturated carbocycles. The number of likely N-dealkylation sites (tertiary alicyclic amines) is 1. The number of methoxy groups -OCH3 is 1. The molecule has 1 aromatic carbocycles. The van der Waals surface area contributed by atoms with E-state index in [0.717, 1.165) is 25.9 Å². The number of benzene rings is 1. The van der Waals surface area contributed by atoms with Gasteiger partial charge in [0.05, 0.1) is 25.3 Å². The highest BCUT2D eigenvalue weighted by atomic mass is 16.5. The zero-order valence-corrected chi connectivity index (χ0v) is 16.1. The highest BCUT2D eigenvalue weighted by Gasteiger charge is 2.42. The molecule has 1 N–H and O–H groups in total. The van der Waals surface area contributed by atoms with Crippen LogP contribution in [-0.2, 0) is 11.3 Å². The number of aliphatic hydroxyl groups excluding tert-OH is 1. The molecule has 1 aliphatic carbocycles. The molecule has 0 unspecified atom stereocenters. The zero-order chi connectivity index (χ0) is 19.7. The lowest BCUT2D eigenvalue weighted by Crippen LogP contribution is -2.42. The number of ether oxygens (including phenoxy) is 2. The van der Waals surface area contributed by atoms with Crippen LogP contribution in [0.25, 0.3) is 0 Å². The lowest BCUT2D eigenvalue weighted by atomic mass is 9.78. The Morgan fingerprint density at radius 2 is 1.96 bits per heavy atom. The van der Waals surface area contributed by atoms with Crippen LogP contribution in [0.2, 0.25) is 0 Å². The molecule has 8 nitrogen and oxygen atoms in total. The van der Waals surface area contributed by atoms with Crippen molar-refractivity contribution in [3.63, 3.8) is 0 Å². The fourth-order valence-electron chi connectivity index (χ4n) is 4.30. The number of rotatable bonds is 5. The van der Waals surface area contributed by atoms with Crippen molar-refractivity contribution in [2.45, 2.75) is 38.5 Å². The second-order valence-corrected chi connectivity index (χ2v) is 7.66. The van der Waals surface area contributed by atoms with E-state index in [1.54, 1.807) is 24.3 Å². The summed E-state index contributed by atoms with van der Waals surface area (Å²) < 4.78 is 16.0. The van der Waals surface area contributed by atoms with Gasteiger partial charge in [0, 0.05) is 13.1 Å². The summed E-state index contributed by atoms with van der Waals surface area (Å²) in [6.45, 7) is 4.31. The van der Waals surface area contributed by atoms with Crippen molar-refractivity contribution < 1.29 is 23.9 Å². The minimum atomic E-state index is -0.507. The number of aliphatic hydroxyl groups is 1. The van der Waals surface area contributed by atoms with Gasteiger partial charge in [0.25, 0.3) is 0 Å². The minimum Gasteiger partial charge on any atom is -0.488 e. The van der Waals surface area contributed by atoms with Gasteiger partial charge >= 0.3 is 5.97 Å². The van der Waals surface area contributed by atoms with Crippen molar-refractivity contribution in [3.8, 4) is 5.75 Å². The van der Waals surface area contributed by atoms with E-state index >= 15 is 0 Å². The first-order chi connectivity index (χ1) is 13.5. The molecule has 2 aliphatic rings. The third kappa shape index (κ3) is 4.02. The molecular weight excluding hydrogens is 362 g/mol. The van der Waals surface area contributed by atoms with Gasteiger partial charge in [-0.3, -0.25) is 4.90 Å². The normalized spacial score (nSPS) is 27.4.